The number of nitrogens with one attached hydrogen (secondary N) is 1. The van der Waals surface area contributed by atoms with Crippen LogP contribution in [-0.2, 0) is 23.9 Å². The second-order valence-electron chi connectivity index (χ2n) is 7.57. The van der Waals surface area contributed by atoms with Gasteiger partial charge in [-0.3, -0.25) is 9.59 Å². The molecule has 1 aliphatic rings. The predicted octanol–water partition coefficient (Wildman–Crippen LogP) is 3.76. The van der Waals surface area contributed by atoms with Crippen LogP contribution in [0.1, 0.15) is 37.5 Å². The number of nitrogens with zero attached hydrogens (tertiary/aromatic N) is 3. The molecule has 0 unspecified atom stereocenters. The largest absolute Gasteiger partial charge is 0.460 e. The summed E-state index contributed by atoms with van der Waals surface area (Å²) in [6.45, 7) is 2.53. The minimum absolute atomic E-state index is 0.00287. The number of rotatable bonds is 7. The van der Waals surface area contributed by atoms with Gasteiger partial charge in [0.2, 0.25) is 5.91 Å². The van der Waals surface area contributed by atoms with Gasteiger partial charge < -0.3 is 14.8 Å². The van der Waals surface area contributed by atoms with Crippen LogP contribution in [0.4, 0.5) is 0 Å². The number of azide groups is 1. The molecule has 0 bridgehead atoms. The maximum atomic E-state index is 13.2. The van der Waals surface area contributed by atoms with E-state index in [1.54, 1.807) is 0 Å². The Morgan fingerprint density at radius 3 is 2.09 bits per heavy atom. The van der Waals surface area contributed by atoms with Gasteiger partial charge >= 0.3 is 11.9 Å². The molecule has 0 saturated carbocycles. The molecule has 1 aliphatic carbocycles. The van der Waals surface area contributed by atoms with E-state index in [2.05, 4.69) is 15.3 Å². The summed E-state index contributed by atoms with van der Waals surface area (Å²) < 4.78 is 11.2. The number of carbonyl (C=O) groups is 3. The molecule has 3 rings (SSSR count). The van der Waals surface area contributed by atoms with Gasteiger partial charge in [-0.25, -0.2) is 4.79 Å². The Morgan fingerprint density at radius 2 is 1.61 bits per heavy atom. The first kappa shape index (κ1) is 23.6. The Morgan fingerprint density at radius 1 is 1.03 bits per heavy atom. The average Bonchev–Trinajstić information content (AvgIpc) is 2.80. The SMILES string of the molecule is CC(=O)N[C@@H]1[C@@H](N=[N+]=[N-])C=C(C(=O)OC(c2ccccc2)c2ccccc2)C[C@H]1OC(C)=O. The number of ether oxygens (including phenoxy) is 2. The molecule has 2 aromatic rings. The molecule has 0 heterocycles. The molecule has 0 aromatic heterocycles. The lowest BCUT2D eigenvalue weighted by molar-refractivity contribution is -0.151. The molecule has 0 radical (unpaired) electrons. The predicted molar refractivity (Wildman–Crippen MR) is 120 cm³/mol. The lowest BCUT2D eigenvalue weighted by Gasteiger charge is -2.34. The second-order valence-corrected chi connectivity index (χ2v) is 7.57. The van der Waals surface area contributed by atoms with Crippen LogP contribution in [0, 0.1) is 0 Å². The highest BCUT2D eigenvalue weighted by Crippen LogP contribution is 2.30. The molecule has 0 saturated heterocycles. The maximum absolute atomic E-state index is 13.2. The van der Waals surface area contributed by atoms with Gasteiger partial charge in [-0.15, -0.1) is 0 Å². The van der Waals surface area contributed by atoms with Gasteiger partial charge in [0.15, 0.2) is 6.10 Å². The third-order valence-corrected chi connectivity index (χ3v) is 5.13. The van der Waals surface area contributed by atoms with Crippen LogP contribution < -0.4 is 5.32 Å². The summed E-state index contributed by atoms with van der Waals surface area (Å²) in [7, 11) is 0. The highest BCUT2D eigenvalue weighted by atomic mass is 16.6. The fraction of sp³-hybridized carbons (Fsp3) is 0.292. The Kier molecular flexibility index (Phi) is 7.83. The Hall–Kier alpha value is -4.10. The van der Waals surface area contributed by atoms with Crippen molar-refractivity contribution in [1.29, 1.82) is 0 Å². The number of esters is 2. The molecule has 1 N–H and O–H groups in total. The molecule has 0 spiro atoms. The van der Waals surface area contributed by atoms with E-state index in [-0.39, 0.29) is 17.9 Å². The van der Waals surface area contributed by atoms with E-state index in [4.69, 9.17) is 15.0 Å². The Labute approximate surface area is 191 Å². The zero-order chi connectivity index (χ0) is 23.8. The summed E-state index contributed by atoms with van der Waals surface area (Å²) in [6.07, 6.45) is -0.118. The first-order valence-corrected chi connectivity index (χ1v) is 10.4. The molecule has 1 amide bonds. The van der Waals surface area contributed by atoms with Crippen LogP contribution in [0.3, 0.4) is 0 Å². The summed E-state index contributed by atoms with van der Waals surface area (Å²) in [4.78, 5) is 39.4. The van der Waals surface area contributed by atoms with Crippen molar-refractivity contribution >= 4 is 17.8 Å². The van der Waals surface area contributed by atoms with Gasteiger partial charge in [0, 0.05) is 30.8 Å². The summed E-state index contributed by atoms with van der Waals surface area (Å²) in [6, 6.07) is 16.8. The van der Waals surface area contributed by atoms with Crippen molar-refractivity contribution in [3.05, 3.63) is 93.9 Å². The molecular weight excluding hydrogens is 424 g/mol. The van der Waals surface area contributed by atoms with Gasteiger partial charge in [0.05, 0.1) is 12.1 Å². The normalized spacial score (nSPS) is 19.6. The quantitative estimate of drug-likeness (QED) is 0.298. The van der Waals surface area contributed by atoms with Crippen molar-refractivity contribution in [1.82, 2.24) is 5.32 Å². The Bertz CT molecular complexity index is 1040. The molecule has 9 nitrogen and oxygen atoms in total. The van der Waals surface area contributed by atoms with Gasteiger partial charge in [-0.05, 0) is 16.7 Å². The van der Waals surface area contributed by atoms with E-state index in [1.807, 2.05) is 60.7 Å². The lowest BCUT2D eigenvalue weighted by Crippen LogP contribution is -2.53. The van der Waals surface area contributed by atoms with Crippen molar-refractivity contribution < 1.29 is 23.9 Å². The van der Waals surface area contributed by atoms with E-state index in [0.717, 1.165) is 11.1 Å². The molecular formula is C24H24N4O5. The average molecular weight is 448 g/mol. The van der Waals surface area contributed by atoms with Gasteiger partial charge in [-0.2, -0.15) is 0 Å². The number of hydrogen-bond acceptors (Lipinski definition) is 6. The van der Waals surface area contributed by atoms with Crippen molar-refractivity contribution in [2.45, 2.75) is 44.6 Å². The number of amides is 1. The molecule has 2 aromatic carbocycles. The number of hydrogen-bond donors (Lipinski definition) is 1. The third kappa shape index (κ3) is 6.21. The topological polar surface area (TPSA) is 130 Å². The van der Waals surface area contributed by atoms with E-state index < -0.39 is 36.2 Å². The summed E-state index contributed by atoms with van der Waals surface area (Å²) in [5.41, 5.74) is 10.8. The van der Waals surface area contributed by atoms with Crippen molar-refractivity contribution in [3.63, 3.8) is 0 Å². The highest BCUT2D eigenvalue weighted by molar-refractivity contribution is 5.89. The second kappa shape index (κ2) is 11.0. The first-order chi connectivity index (χ1) is 15.9. The van der Waals surface area contributed by atoms with Crippen molar-refractivity contribution in [2.75, 3.05) is 0 Å². The van der Waals surface area contributed by atoms with Crippen LogP contribution in [0.2, 0.25) is 0 Å². The zero-order valence-corrected chi connectivity index (χ0v) is 18.3. The molecule has 0 fully saturated rings. The van der Waals surface area contributed by atoms with Gasteiger partial charge in [-0.1, -0.05) is 71.9 Å². The zero-order valence-electron chi connectivity index (χ0n) is 18.3. The van der Waals surface area contributed by atoms with Gasteiger partial charge in [0.1, 0.15) is 6.10 Å². The minimum Gasteiger partial charge on any atom is -0.460 e. The molecule has 33 heavy (non-hydrogen) atoms. The van der Waals surface area contributed by atoms with Gasteiger partial charge in [0.25, 0.3) is 0 Å². The van der Waals surface area contributed by atoms with Crippen LogP contribution in [0.5, 0.6) is 0 Å². The van der Waals surface area contributed by atoms with Crippen LogP contribution in [0.25, 0.3) is 10.4 Å². The van der Waals surface area contributed by atoms with Crippen LogP contribution in [0.15, 0.2) is 77.4 Å². The smallest absolute Gasteiger partial charge is 0.334 e. The third-order valence-electron chi connectivity index (χ3n) is 5.13. The van der Waals surface area contributed by atoms with Crippen LogP contribution in [-0.4, -0.2) is 36.0 Å². The molecule has 0 aliphatic heterocycles. The minimum atomic E-state index is -0.938. The monoisotopic (exact) mass is 448 g/mol. The fourth-order valence-electron chi connectivity index (χ4n) is 3.77. The standard InChI is InChI=1S/C24H24N4O5/c1-15(29)26-22-20(27-28-25)13-19(14-21(22)32-16(2)30)24(31)33-23(17-9-5-3-6-10-17)18-11-7-4-8-12-18/h3-13,20-23H,14H2,1-2H3,(H,26,29)/t20-,21+,22+/m0/s1. The number of carbonyl (C=O) groups excluding carboxylic acids is 3. The number of benzene rings is 2. The van der Waals surface area contributed by atoms with Crippen molar-refractivity contribution in [3.8, 4) is 0 Å². The van der Waals surface area contributed by atoms with E-state index in [1.165, 1.54) is 19.9 Å². The van der Waals surface area contributed by atoms with E-state index >= 15 is 0 Å². The highest BCUT2D eigenvalue weighted by Gasteiger charge is 2.38. The fourth-order valence-corrected chi connectivity index (χ4v) is 3.77. The molecule has 3 atom stereocenters. The Balaban J connectivity index is 1.93. The summed E-state index contributed by atoms with van der Waals surface area (Å²) in [5.74, 6) is -1.61. The summed E-state index contributed by atoms with van der Waals surface area (Å²) in [5, 5.41) is 6.34. The van der Waals surface area contributed by atoms with E-state index in [0.29, 0.717) is 0 Å². The van der Waals surface area contributed by atoms with Crippen molar-refractivity contribution in [2.24, 2.45) is 5.11 Å². The molecule has 9 heteroatoms. The van der Waals surface area contributed by atoms with E-state index in [9.17, 15) is 14.4 Å². The first-order valence-electron chi connectivity index (χ1n) is 10.4. The maximum Gasteiger partial charge on any atom is 0.334 e. The molecule has 170 valence electrons. The van der Waals surface area contributed by atoms with Crippen LogP contribution >= 0.6 is 0 Å². The lowest BCUT2D eigenvalue weighted by atomic mass is 9.88. The summed E-state index contributed by atoms with van der Waals surface area (Å²) >= 11 is 0.